The fourth-order valence-electron chi connectivity index (χ4n) is 10.1. The second kappa shape index (κ2) is 22.7. The van der Waals surface area contributed by atoms with Gasteiger partial charge in [-0.05, 0) is 116 Å². The Morgan fingerprint density at radius 3 is 1.39 bits per heavy atom. The fourth-order valence-corrected chi connectivity index (χ4v) is 12.7. The third-order valence-electron chi connectivity index (χ3n) is 13.8. The molecule has 0 atom stereocenters. The van der Waals surface area contributed by atoms with Crippen LogP contribution in [0, 0.1) is 31.1 Å². The monoisotopic (exact) mass is 1130 g/mol. The second-order valence-corrected chi connectivity index (χ2v) is 28.2. The average molecular weight is 1130 g/mol. The summed E-state index contributed by atoms with van der Waals surface area (Å²) in [4.78, 5) is 57.9. The summed E-state index contributed by atoms with van der Waals surface area (Å²) >= 11 is 12.7. The smallest absolute Gasteiger partial charge is 0.294 e. The Hall–Kier alpha value is -6.73. The van der Waals surface area contributed by atoms with E-state index in [0.29, 0.717) is 88.3 Å². The maximum atomic E-state index is 12.7. The van der Waals surface area contributed by atoms with Crippen molar-refractivity contribution in [2.24, 2.45) is 10.8 Å². The minimum atomic E-state index is -2.56. The Labute approximate surface area is 457 Å². The Balaban J connectivity index is 0.000000194. The van der Waals surface area contributed by atoms with Gasteiger partial charge >= 0.3 is 0 Å². The summed E-state index contributed by atoms with van der Waals surface area (Å²) in [5.74, 6) is 1.30. The third kappa shape index (κ3) is 13.0. The second-order valence-electron chi connectivity index (χ2n) is 21.1. The van der Waals surface area contributed by atoms with Crippen molar-refractivity contribution in [2.75, 3.05) is 112 Å². The van der Waals surface area contributed by atoms with E-state index < -0.39 is 19.2 Å². The highest BCUT2D eigenvalue weighted by Crippen LogP contribution is 2.53. The highest BCUT2D eigenvalue weighted by Gasteiger charge is 2.54. The van der Waals surface area contributed by atoms with E-state index in [1.807, 2.05) is 55.4 Å². The number of anilines is 10. The summed E-state index contributed by atoms with van der Waals surface area (Å²) in [6.45, 7) is 9.73. The molecule has 2 saturated heterocycles. The van der Waals surface area contributed by atoms with Crippen LogP contribution in [-0.4, -0.2) is 128 Å². The lowest BCUT2D eigenvalue weighted by molar-refractivity contribution is -0.384. The zero-order valence-electron chi connectivity index (χ0n) is 44.0. The maximum absolute atomic E-state index is 12.7. The van der Waals surface area contributed by atoms with Crippen LogP contribution < -0.4 is 47.0 Å². The van der Waals surface area contributed by atoms with Crippen LogP contribution in [0.15, 0.2) is 97.3 Å². The molecular formula is C52H62Cl2N14O7P2. The van der Waals surface area contributed by atoms with Crippen LogP contribution in [0.1, 0.15) is 25.7 Å². The first kappa shape index (κ1) is 56.5. The molecule has 77 heavy (non-hydrogen) atoms. The highest BCUT2D eigenvalue weighted by molar-refractivity contribution is 7.70. The van der Waals surface area contributed by atoms with Gasteiger partial charge in [-0.15, -0.1) is 0 Å². The number of ketones is 1. The zero-order chi connectivity index (χ0) is 55.6. The number of hydrogen-bond acceptors (Lipinski definition) is 19. The van der Waals surface area contributed by atoms with Crippen molar-refractivity contribution in [3.8, 4) is 0 Å². The van der Waals surface area contributed by atoms with Gasteiger partial charge in [0.25, 0.3) is 11.4 Å². The normalized spacial score (nSPS) is 16.1. The quantitative estimate of drug-likeness (QED) is 0.0364. The topological polar surface area (TPSA) is 259 Å². The average Bonchev–Trinajstić information content (AvgIpc) is 3.42. The van der Waals surface area contributed by atoms with Crippen molar-refractivity contribution < 1.29 is 23.8 Å². The van der Waals surface area contributed by atoms with Gasteiger partial charge in [-0.3, -0.25) is 25.0 Å². The third-order valence-corrected chi connectivity index (χ3v) is 17.5. The van der Waals surface area contributed by atoms with Crippen molar-refractivity contribution in [1.82, 2.24) is 30.2 Å². The maximum Gasteiger partial charge on any atom is 0.294 e. The van der Waals surface area contributed by atoms with E-state index in [-0.39, 0.29) is 54.9 Å². The van der Waals surface area contributed by atoms with E-state index in [1.165, 1.54) is 24.5 Å². The molecule has 2 aliphatic carbocycles. The van der Waals surface area contributed by atoms with Gasteiger partial charge in [0.15, 0.2) is 11.6 Å². The lowest BCUT2D eigenvalue weighted by Gasteiger charge is -2.61. The summed E-state index contributed by atoms with van der Waals surface area (Å²) in [6, 6.07) is 25.0. The van der Waals surface area contributed by atoms with Gasteiger partial charge in [0.2, 0.25) is 11.9 Å². The van der Waals surface area contributed by atoms with E-state index in [9.17, 15) is 34.2 Å². The number of nitro groups is 2. The van der Waals surface area contributed by atoms with Gasteiger partial charge < -0.3 is 50.4 Å². The van der Waals surface area contributed by atoms with Crippen molar-refractivity contribution >= 4 is 123 Å². The number of nitro benzene ring substituents is 2. The molecule has 5 N–H and O–H groups in total. The highest BCUT2D eigenvalue weighted by atomic mass is 35.5. The number of halogens is 2. The first-order valence-electron chi connectivity index (χ1n) is 24.6. The molecule has 2 spiro atoms. The molecule has 10 rings (SSSR count). The van der Waals surface area contributed by atoms with E-state index in [2.05, 4.69) is 70.4 Å². The Kier molecular flexibility index (Phi) is 16.6. The lowest BCUT2D eigenvalue weighted by Crippen LogP contribution is -2.66. The van der Waals surface area contributed by atoms with Crippen molar-refractivity contribution in [2.45, 2.75) is 31.7 Å². The molecule has 2 aliphatic heterocycles. The molecule has 0 radical (unpaired) electrons. The van der Waals surface area contributed by atoms with Crippen molar-refractivity contribution in [3.05, 3.63) is 128 Å². The van der Waals surface area contributed by atoms with Gasteiger partial charge in [-0.25, -0.2) is 9.97 Å². The number of benzene rings is 4. The lowest BCUT2D eigenvalue weighted by atomic mass is 9.60. The molecule has 2 saturated carbocycles. The van der Waals surface area contributed by atoms with Gasteiger partial charge in [0.05, 0.1) is 33.6 Å². The number of nitrogens with zero attached hydrogens (tertiary/aromatic N) is 9. The number of Topliss-reactive ketones (excluding diaryl/α,β-unsaturated/α-hetero) is 1. The molecule has 6 aromatic rings. The van der Waals surface area contributed by atoms with Crippen molar-refractivity contribution in [1.29, 1.82) is 0 Å². The van der Waals surface area contributed by atoms with E-state index in [1.54, 1.807) is 63.1 Å². The van der Waals surface area contributed by atoms with Crippen LogP contribution in [0.2, 0.25) is 10.0 Å². The van der Waals surface area contributed by atoms with Crippen LogP contribution in [0.25, 0.3) is 0 Å². The molecule has 2 aromatic heterocycles. The first-order valence-corrected chi connectivity index (χ1v) is 30.6. The molecule has 4 aliphatic rings. The number of hydrogen-bond donors (Lipinski definition) is 5. The van der Waals surface area contributed by atoms with Crippen LogP contribution in [0.5, 0.6) is 0 Å². The molecule has 4 fully saturated rings. The molecule has 4 aromatic carbocycles. The van der Waals surface area contributed by atoms with Gasteiger partial charge in [-0.2, -0.15) is 9.97 Å². The molecule has 0 unspecified atom stereocenters. The van der Waals surface area contributed by atoms with Crippen LogP contribution >= 0.6 is 37.5 Å². The molecule has 0 bridgehead atoms. The summed E-state index contributed by atoms with van der Waals surface area (Å²) in [5, 5.41) is 40.7. The zero-order valence-corrected chi connectivity index (χ0v) is 47.3. The molecule has 0 amide bonds. The SMILES string of the molecule is CN(C)C1CC2(C1)CN(c1ccc(Nc3ncc(Cl)c(Nc4ccccc4P(C)(C)=O)n3)cc1[N+](=O)[O-])C2.CNC.CP(C)(=O)c1ccccc1Nc1nc(Nc2ccc(N3CC4(CC(=O)C4)C3)c([N+](=O)[O-])c2)ncc1Cl. The summed E-state index contributed by atoms with van der Waals surface area (Å²) in [6.07, 6.45) is 6.24. The van der Waals surface area contributed by atoms with E-state index in [4.69, 9.17) is 23.2 Å². The Morgan fingerprint density at radius 1 is 0.636 bits per heavy atom. The van der Waals surface area contributed by atoms with Gasteiger partial charge in [0.1, 0.15) is 41.5 Å². The van der Waals surface area contributed by atoms with Crippen LogP contribution in [0.3, 0.4) is 0 Å². The number of carbonyl (C=O) groups is 1. The van der Waals surface area contributed by atoms with E-state index in [0.717, 1.165) is 25.9 Å². The minimum absolute atomic E-state index is 0.00959. The van der Waals surface area contributed by atoms with Gasteiger partial charge in [0, 0.05) is 90.0 Å². The fraction of sp³-hybridized carbons (Fsp3) is 0.365. The molecule has 21 nitrogen and oxygen atoms in total. The number of aromatic nitrogens is 4. The van der Waals surface area contributed by atoms with Crippen LogP contribution in [0.4, 0.5) is 69.0 Å². The molecular weight excluding hydrogens is 1070 g/mol. The standard InChI is InChI=1S/C26H31ClN7O3P.C24H24ClN6O4P.C2H7N/c1-32(2)18-12-26(13-18)15-33(16-26)21-10-9-17(11-22(21)34(35)36)29-25-28-14-19(27)24(31-25)30-20-7-5-6-8-23(20)38(3,4)37;1-36(2,35)21-6-4-3-5-18(21)28-22-17(25)12-26-23(29-22)27-15-7-8-19(20(9-15)31(33)34)30-13-24(14-30)10-16(32)11-24;1-3-2/h5-11,14,18H,12-13,15-16H2,1-4H3,(H2,28,29,30,31);3-9,12H,10-11,13-14H2,1-2H3,(H2,26,27,28,29);3H,1-2H3. The van der Waals surface area contributed by atoms with Crippen LogP contribution in [-0.2, 0) is 13.9 Å². The molecule has 4 heterocycles. The Bertz CT molecular complexity index is 3310. The predicted molar refractivity (Wildman–Crippen MR) is 310 cm³/mol. The van der Waals surface area contributed by atoms with E-state index >= 15 is 0 Å². The summed E-state index contributed by atoms with van der Waals surface area (Å²) in [5.41, 5.74) is 3.62. The number of rotatable bonds is 15. The van der Waals surface area contributed by atoms with Crippen molar-refractivity contribution in [3.63, 3.8) is 0 Å². The molecule has 406 valence electrons. The number of para-hydroxylation sites is 2. The van der Waals surface area contributed by atoms with Gasteiger partial charge in [-0.1, -0.05) is 47.5 Å². The summed E-state index contributed by atoms with van der Waals surface area (Å²) < 4.78 is 25.4. The first-order chi connectivity index (χ1) is 36.4. The number of nitrogens with one attached hydrogen (secondary N) is 5. The largest absolute Gasteiger partial charge is 0.365 e. The number of carbonyl (C=O) groups excluding carboxylic acids is 1. The predicted octanol–water partition coefficient (Wildman–Crippen LogP) is 10.1. The minimum Gasteiger partial charge on any atom is -0.365 e. The molecule has 25 heteroatoms. The summed E-state index contributed by atoms with van der Waals surface area (Å²) in [7, 11) is 2.84. The Morgan fingerprint density at radius 2 is 1.03 bits per heavy atom.